The Hall–Kier alpha value is -1.64. The number of nitrogens with zero attached hydrogens (tertiary/aromatic N) is 1. The maximum Gasteiger partial charge on any atom is 0.166 e. The lowest BCUT2D eigenvalue weighted by atomic mass is 9.92. The number of hydrogen-bond acceptors (Lipinski definition) is 3. The highest BCUT2D eigenvalue weighted by atomic mass is 16.1. The van der Waals surface area contributed by atoms with Crippen LogP contribution in [0.1, 0.15) is 41.6 Å². The minimum absolute atomic E-state index is 0.0770. The van der Waals surface area contributed by atoms with Crippen LogP contribution >= 0.6 is 0 Å². The Bertz CT molecular complexity index is 536. The zero-order chi connectivity index (χ0) is 13.4. The number of carbonyl (C=O) groups is 2. The van der Waals surface area contributed by atoms with Crippen LogP contribution in [-0.4, -0.2) is 25.2 Å². The van der Waals surface area contributed by atoms with Crippen LogP contribution in [0.25, 0.3) is 0 Å². The standard InChI is InChI=1S/C16H19NO2/c1-17-8-2-3-11-9-12(5-7-15(11)17)16(19)13-4-6-14(18)10-13/h5,7,9,13H,2-4,6,8,10H2,1H3. The number of fused-ring (bicyclic) bond motifs is 1. The number of benzene rings is 1. The number of carbonyl (C=O) groups excluding carboxylic acids is 2. The maximum absolute atomic E-state index is 12.4. The second-order valence-electron chi connectivity index (χ2n) is 5.71. The van der Waals surface area contributed by atoms with Crippen LogP contribution in [0.2, 0.25) is 0 Å². The van der Waals surface area contributed by atoms with Gasteiger partial charge in [-0.1, -0.05) is 0 Å². The number of hydrogen-bond donors (Lipinski definition) is 0. The first-order valence-electron chi connectivity index (χ1n) is 7.05. The van der Waals surface area contributed by atoms with E-state index in [4.69, 9.17) is 0 Å². The minimum atomic E-state index is -0.0770. The Balaban J connectivity index is 1.85. The molecular weight excluding hydrogens is 238 g/mol. The number of anilines is 1. The summed E-state index contributed by atoms with van der Waals surface area (Å²) < 4.78 is 0. The van der Waals surface area contributed by atoms with Gasteiger partial charge in [-0.15, -0.1) is 0 Å². The van der Waals surface area contributed by atoms with Gasteiger partial charge in [-0.25, -0.2) is 0 Å². The first-order chi connectivity index (χ1) is 9.15. The second-order valence-corrected chi connectivity index (χ2v) is 5.71. The predicted molar refractivity (Wildman–Crippen MR) is 74.7 cm³/mol. The summed E-state index contributed by atoms with van der Waals surface area (Å²) in [7, 11) is 2.09. The molecule has 1 saturated carbocycles. The molecule has 1 aromatic carbocycles. The molecule has 1 atom stereocenters. The van der Waals surface area contributed by atoms with Crippen molar-refractivity contribution in [3.63, 3.8) is 0 Å². The van der Waals surface area contributed by atoms with E-state index in [1.165, 1.54) is 11.3 Å². The molecule has 1 aliphatic heterocycles. The Kier molecular flexibility index (Phi) is 3.13. The molecular formula is C16H19NO2. The SMILES string of the molecule is CN1CCCc2cc(C(=O)C3CCC(=O)C3)ccc21. The molecule has 0 bridgehead atoms. The molecule has 2 aliphatic rings. The van der Waals surface area contributed by atoms with Gasteiger partial charge < -0.3 is 4.90 Å². The number of rotatable bonds is 2. The van der Waals surface area contributed by atoms with Crippen molar-refractivity contribution >= 4 is 17.3 Å². The largest absolute Gasteiger partial charge is 0.374 e. The minimum Gasteiger partial charge on any atom is -0.374 e. The van der Waals surface area contributed by atoms with Gasteiger partial charge in [0.1, 0.15) is 5.78 Å². The summed E-state index contributed by atoms with van der Waals surface area (Å²) in [6.07, 6.45) is 3.93. The van der Waals surface area contributed by atoms with Gasteiger partial charge in [0.15, 0.2) is 5.78 Å². The third kappa shape index (κ3) is 2.29. The van der Waals surface area contributed by atoms with Crippen molar-refractivity contribution in [1.29, 1.82) is 0 Å². The maximum atomic E-state index is 12.4. The first kappa shape index (κ1) is 12.4. The highest BCUT2D eigenvalue weighted by molar-refractivity contribution is 6.02. The molecule has 1 fully saturated rings. The van der Waals surface area contributed by atoms with Gasteiger partial charge in [-0.3, -0.25) is 9.59 Å². The fourth-order valence-corrected chi connectivity index (χ4v) is 3.21. The number of Topliss-reactive ketones (excluding diaryl/α,β-unsaturated/α-hetero) is 2. The van der Waals surface area contributed by atoms with Gasteiger partial charge in [0.05, 0.1) is 0 Å². The average molecular weight is 257 g/mol. The summed E-state index contributed by atoms with van der Waals surface area (Å²) >= 11 is 0. The smallest absolute Gasteiger partial charge is 0.166 e. The van der Waals surface area contributed by atoms with Gasteiger partial charge >= 0.3 is 0 Å². The molecule has 0 amide bonds. The molecule has 0 saturated heterocycles. The first-order valence-corrected chi connectivity index (χ1v) is 7.05. The molecule has 1 aliphatic carbocycles. The van der Waals surface area contributed by atoms with E-state index in [0.717, 1.165) is 31.4 Å². The summed E-state index contributed by atoms with van der Waals surface area (Å²) in [5, 5.41) is 0. The lowest BCUT2D eigenvalue weighted by molar-refractivity contribution is -0.117. The fourth-order valence-electron chi connectivity index (χ4n) is 3.21. The van der Waals surface area contributed by atoms with Crippen molar-refractivity contribution in [1.82, 2.24) is 0 Å². The summed E-state index contributed by atoms with van der Waals surface area (Å²) in [5.41, 5.74) is 3.29. The Morgan fingerprint density at radius 3 is 2.89 bits per heavy atom. The van der Waals surface area contributed by atoms with Gasteiger partial charge in [0.25, 0.3) is 0 Å². The quantitative estimate of drug-likeness (QED) is 0.764. The second kappa shape index (κ2) is 4.80. The molecule has 0 N–H and O–H groups in total. The van der Waals surface area contributed by atoms with Crippen LogP contribution in [0.4, 0.5) is 5.69 Å². The van der Waals surface area contributed by atoms with E-state index >= 15 is 0 Å². The van der Waals surface area contributed by atoms with Gasteiger partial charge in [0, 0.05) is 43.6 Å². The van der Waals surface area contributed by atoms with Crippen LogP contribution in [0.3, 0.4) is 0 Å². The molecule has 1 heterocycles. The van der Waals surface area contributed by atoms with Crippen LogP contribution in [0.15, 0.2) is 18.2 Å². The molecule has 100 valence electrons. The van der Waals surface area contributed by atoms with E-state index in [2.05, 4.69) is 18.0 Å². The molecule has 19 heavy (non-hydrogen) atoms. The van der Waals surface area contributed by atoms with E-state index in [-0.39, 0.29) is 17.5 Å². The molecule has 1 unspecified atom stereocenters. The van der Waals surface area contributed by atoms with Crippen molar-refractivity contribution in [2.45, 2.75) is 32.1 Å². The van der Waals surface area contributed by atoms with Gasteiger partial charge in [0.2, 0.25) is 0 Å². The third-order valence-electron chi connectivity index (χ3n) is 4.33. The topological polar surface area (TPSA) is 37.4 Å². The molecule has 1 aromatic rings. The van der Waals surface area contributed by atoms with E-state index in [1.807, 2.05) is 12.1 Å². The lowest BCUT2D eigenvalue weighted by Crippen LogP contribution is -2.25. The van der Waals surface area contributed by atoms with Crippen LogP contribution < -0.4 is 4.90 Å². The van der Waals surface area contributed by atoms with Crippen LogP contribution in [0, 0.1) is 5.92 Å². The fraction of sp³-hybridized carbons (Fsp3) is 0.500. The van der Waals surface area contributed by atoms with Crippen molar-refractivity contribution in [2.75, 3.05) is 18.5 Å². The molecule has 0 aromatic heterocycles. The normalized spacial score (nSPS) is 22.5. The van der Waals surface area contributed by atoms with Crippen molar-refractivity contribution < 1.29 is 9.59 Å². The summed E-state index contributed by atoms with van der Waals surface area (Å²) in [5.74, 6) is 0.310. The van der Waals surface area contributed by atoms with E-state index in [9.17, 15) is 9.59 Å². The average Bonchev–Trinajstić information content (AvgIpc) is 2.84. The summed E-state index contributed by atoms with van der Waals surface area (Å²) in [6.45, 7) is 1.08. The lowest BCUT2D eigenvalue weighted by Gasteiger charge is -2.27. The van der Waals surface area contributed by atoms with Crippen molar-refractivity contribution in [3.05, 3.63) is 29.3 Å². The zero-order valence-corrected chi connectivity index (χ0v) is 11.3. The van der Waals surface area contributed by atoms with Crippen molar-refractivity contribution in [3.8, 4) is 0 Å². The number of aryl methyl sites for hydroxylation is 1. The van der Waals surface area contributed by atoms with Crippen LogP contribution in [-0.2, 0) is 11.2 Å². The molecule has 3 nitrogen and oxygen atoms in total. The summed E-state index contributed by atoms with van der Waals surface area (Å²) in [6, 6.07) is 6.01. The third-order valence-corrected chi connectivity index (χ3v) is 4.33. The van der Waals surface area contributed by atoms with Crippen LogP contribution in [0.5, 0.6) is 0 Å². The van der Waals surface area contributed by atoms with Gasteiger partial charge in [-0.05, 0) is 43.0 Å². The molecule has 0 radical (unpaired) electrons. The molecule has 3 rings (SSSR count). The Labute approximate surface area is 113 Å². The molecule has 0 spiro atoms. The Morgan fingerprint density at radius 1 is 1.32 bits per heavy atom. The summed E-state index contributed by atoms with van der Waals surface area (Å²) in [4.78, 5) is 25.9. The predicted octanol–water partition coefficient (Wildman–Crippen LogP) is 2.62. The highest BCUT2D eigenvalue weighted by Crippen LogP contribution is 2.30. The monoisotopic (exact) mass is 257 g/mol. The zero-order valence-electron chi connectivity index (χ0n) is 11.3. The highest BCUT2D eigenvalue weighted by Gasteiger charge is 2.29. The van der Waals surface area contributed by atoms with E-state index in [0.29, 0.717) is 12.8 Å². The van der Waals surface area contributed by atoms with E-state index in [1.54, 1.807) is 0 Å². The number of ketones is 2. The van der Waals surface area contributed by atoms with Crippen molar-refractivity contribution in [2.24, 2.45) is 5.92 Å². The van der Waals surface area contributed by atoms with E-state index < -0.39 is 0 Å². The van der Waals surface area contributed by atoms with Gasteiger partial charge in [-0.2, -0.15) is 0 Å². The molecule has 3 heteroatoms. The Morgan fingerprint density at radius 2 is 2.16 bits per heavy atom.